The average Bonchev–Trinajstić information content (AvgIpc) is 2.97. The zero-order valence-corrected chi connectivity index (χ0v) is 17.0. The molecule has 0 bridgehead atoms. The number of esters is 1. The molecule has 0 radical (unpaired) electrons. The van der Waals surface area contributed by atoms with E-state index in [0.717, 1.165) is 21.5 Å². The minimum Gasteiger partial charge on any atom is -0.465 e. The van der Waals surface area contributed by atoms with Crippen LogP contribution in [0.5, 0.6) is 0 Å². The van der Waals surface area contributed by atoms with E-state index in [-0.39, 0.29) is 18.3 Å². The summed E-state index contributed by atoms with van der Waals surface area (Å²) in [7, 11) is 3.22. The van der Waals surface area contributed by atoms with Crippen LogP contribution in [-0.4, -0.2) is 29.3 Å². The molecule has 0 fully saturated rings. The van der Waals surface area contributed by atoms with E-state index in [0.29, 0.717) is 10.4 Å². The van der Waals surface area contributed by atoms with Gasteiger partial charge in [-0.05, 0) is 41.6 Å². The van der Waals surface area contributed by atoms with Crippen molar-refractivity contribution in [3.05, 3.63) is 58.4 Å². The summed E-state index contributed by atoms with van der Waals surface area (Å²) < 4.78 is 7.50. The number of nitrogens with zero attached hydrogens (tertiary/aromatic N) is 2. The van der Waals surface area contributed by atoms with E-state index >= 15 is 0 Å². The van der Waals surface area contributed by atoms with Crippen LogP contribution < -0.4 is 4.80 Å². The highest BCUT2D eigenvalue weighted by Crippen LogP contribution is 2.20. The van der Waals surface area contributed by atoms with Crippen LogP contribution in [-0.2, 0) is 23.0 Å². The lowest BCUT2D eigenvalue weighted by molar-refractivity contribution is -0.117. The summed E-state index contributed by atoms with van der Waals surface area (Å²) in [4.78, 5) is 30.2. The van der Waals surface area contributed by atoms with Crippen LogP contribution >= 0.6 is 23.1 Å². The highest BCUT2D eigenvalue weighted by molar-refractivity contribution is 7.99. The number of carbonyl (C=O) groups is 2. The van der Waals surface area contributed by atoms with Crippen LogP contribution in [0.25, 0.3) is 10.2 Å². The molecule has 3 rings (SSSR count). The molecule has 0 saturated carbocycles. The molecule has 0 aliphatic carbocycles. The Morgan fingerprint density at radius 1 is 1.19 bits per heavy atom. The number of fused-ring (bicyclic) bond motifs is 1. The second-order valence-corrected chi connectivity index (χ2v) is 8.22. The molecule has 1 amide bonds. The number of methoxy groups -OCH3 is 1. The Bertz CT molecular complexity index is 1050. The van der Waals surface area contributed by atoms with Gasteiger partial charge in [0, 0.05) is 11.9 Å². The van der Waals surface area contributed by atoms with Crippen molar-refractivity contribution in [3.8, 4) is 0 Å². The minimum atomic E-state index is -0.382. The van der Waals surface area contributed by atoms with E-state index < -0.39 is 0 Å². The van der Waals surface area contributed by atoms with Crippen molar-refractivity contribution in [3.63, 3.8) is 0 Å². The Balaban J connectivity index is 1.84. The Labute approximate surface area is 165 Å². The molecular weight excluding hydrogens is 380 g/mol. The molecule has 5 nitrogen and oxygen atoms in total. The highest BCUT2D eigenvalue weighted by Gasteiger charge is 2.10. The quantitative estimate of drug-likeness (QED) is 0.483. The van der Waals surface area contributed by atoms with Crippen LogP contribution in [0.1, 0.15) is 22.8 Å². The van der Waals surface area contributed by atoms with Crippen molar-refractivity contribution < 1.29 is 14.3 Å². The SMILES string of the molecule is CCSc1ccc(CC(=O)N=c2sc3cc(C(=O)OC)ccc3n2C)cc1. The maximum absolute atomic E-state index is 12.4. The topological polar surface area (TPSA) is 60.7 Å². The maximum atomic E-state index is 12.4. The lowest BCUT2D eigenvalue weighted by Crippen LogP contribution is -2.14. The Hall–Kier alpha value is -2.38. The number of hydrogen-bond acceptors (Lipinski definition) is 5. The molecule has 1 aromatic heterocycles. The van der Waals surface area contributed by atoms with Crippen LogP contribution in [0, 0.1) is 0 Å². The first-order valence-corrected chi connectivity index (χ1v) is 10.3. The van der Waals surface area contributed by atoms with Gasteiger partial charge in [0.2, 0.25) is 0 Å². The zero-order chi connectivity index (χ0) is 19.4. The summed E-state index contributed by atoms with van der Waals surface area (Å²) >= 11 is 3.15. The Kier molecular flexibility index (Phi) is 6.13. The van der Waals surface area contributed by atoms with Gasteiger partial charge >= 0.3 is 5.97 Å². The fourth-order valence-electron chi connectivity index (χ4n) is 2.68. The number of ether oxygens (including phenoxy) is 1. The third-order valence-corrected chi connectivity index (χ3v) is 6.03. The van der Waals surface area contributed by atoms with Crippen molar-refractivity contribution in [2.75, 3.05) is 12.9 Å². The summed E-state index contributed by atoms with van der Waals surface area (Å²) in [6, 6.07) is 13.3. The number of carbonyl (C=O) groups excluding carboxylic acids is 2. The van der Waals surface area contributed by atoms with Gasteiger partial charge in [0.1, 0.15) is 0 Å². The smallest absolute Gasteiger partial charge is 0.337 e. The van der Waals surface area contributed by atoms with E-state index in [9.17, 15) is 9.59 Å². The molecule has 7 heteroatoms. The van der Waals surface area contributed by atoms with Crippen LogP contribution in [0.2, 0.25) is 0 Å². The molecule has 0 aliphatic rings. The van der Waals surface area contributed by atoms with Crippen LogP contribution in [0.15, 0.2) is 52.4 Å². The monoisotopic (exact) mass is 400 g/mol. The van der Waals surface area contributed by atoms with Crippen LogP contribution in [0.4, 0.5) is 0 Å². The zero-order valence-electron chi connectivity index (χ0n) is 15.4. The molecular formula is C20H20N2O3S2. The van der Waals surface area contributed by atoms with Gasteiger partial charge in [-0.3, -0.25) is 4.79 Å². The van der Waals surface area contributed by atoms with Gasteiger partial charge in [-0.25, -0.2) is 4.79 Å². The summed E-state index contributed by atoms with van der Waals surface area (Å²) in [5, 5.41) is 0. The number of thioether (sulfide) groups is 1. The molecule has 2 aromatic carbocycles. The molecule has 140 valence electrons. The number of amides is 1. The lowest BCUT2D eigenvalue weighted by Gasteiger charge is -2.01. The Morgan fingerprint density at radius 2 is 1.93 bits per heavy atom. The molecule has 1 heterocycles. The Morgan fingerprint density at radius 3 is 2.59 bits per heavy atom. The maximum Gasteiger partial charge on any atom is 0.337 e. The molecule has 27 heavy (non-hydrogen) atoms. The van der Waals surface area contributed by atoms with Gasteiger partial charge in [0.15, 0.2) is 4.80 Å². The summed E-state index contributed by atoms with van der Waals surface area (Å²) in [5.41, 5.74) is 2.34. The third-order valence-electron chi connectivity index (χ3n) is 4.04. The molecule has 0 unspecified atom stereocenters. The predicted octanol–water partition coefficient (Wildman–Crippen LogP) is 3.81. The predicted molar refractivity (Wildman–Crippen MR) is 109 cm³/mol. The van der Waals surface area contributed by atoms with Crippen molar-refractivity contribution >= 4 is 45.2 Å². The first-order chi connectivity index (χ1) is 13.0. The van der Waals surface area contributed by atoms with Gasteiger partial charge in [-0.1, -0.05) is 30.4 Å². The molecule has 3 aromatic rings. The summed E-state index contributed by atoms with van der Waals surface area (Å²) in [6.07, 6.45) is 0.263. The van der Waals surface area contributed by atoms with Gasteiger partial charge in [-0.2, -0.15) is 4.99 Å². The summed E-state index contributed by atoms with van der Waals surface area (Å²) in [5.74, 6) is 0.446. The van der Waals surface area contributed by atoms with Gasteiger partial charge in [-0.15, -0.1) is 11.8 Å². The standard InChI is InChI=1S/C20H20N2O3S2/c1-4-26-15-8-5-13(6-9-15)11-18(23)21-20-22(2)16-10-7-14(19(24)25-3)12-17(16)27-20/h5-10,12H,4,11H2,1-3H3. The number of aryl methyl sites for hydroxylation is 1. The first kappa shape index (κ1) is 19.4. The minimum absolute atomic E-state index is 0.193. The number of thiazole rings is 1. The fourth-order valence-corrected chi connectivity index (χ4v) is 4.41. The van der Waals surface area contributed by atoms with E-state index in [1.807, 2.05) is 41.9 Å². The largest absolute Gasteiger partial charge is 0.465 e. The van der Waals surface area contributed by atoms with E-state index in [4.69, 9.17) is 4.74 Å². The molecule has 0 spiro atoms. The van der Waals surface area contributed by atoms with Gasteiger partial charge in [0.25, 0.3) is 5.91 Å². The normalized spacial score (nSPS) is 11.7. The van der Waals surface area contributed by atoms with Crippen molar-refractivity contribution in [2.45, 2.75) is 18.2 Å². The van der Waals surface area contributed by atoms with E-state index in [2.05, 4.69) is 11.9 Å². The number of hydrogen-bond donors (Lipinski definition) is 0. The number of rotatable bonds is 5. The summed E-state index contributed by atoms with van der Waals surface area (Å²) in [6.45, 7) is 2.11. The van der Waals surface area contributed by atoms with Gasteiger partial charge < -0.3 is 9.30 Å². The molecule has 0 saturated heterocycles. The molecule has 0 aliphatic heterocycles. The van der Waals surface area contributed by atoms with Crippen LogP contribution in [0.3, 0.4) is 0 Å². The van der Waals surface area contributed by atoms with E-state index in [1.54, 1.807) is 23.9 Å². The van der Waals surface area contributed by atoms with Crippen molar-refractivity contribution in [2.24, 2.45) is 12.0 Å². The molecule has 0 atom stereocenters. The van der Waals surface area contributed by atoms with Gasteiger partial charge in [0.05, 0.1) is 29.3 Å². The fraction of sp³-hybridized carbons (Fsp3) is 0.250. The first-order valence-electron chi connectivity index (χ1n) is 8.49. The number of benzene rings is 2. The van der Waals surface area contributed by atoms with E-state index in [1.165, 1.54) is 23.3 Å². The van der Waals surface area contributed by atoms with Crippen molar-refractivity contribution in [1.29, 1.82) is 0 Å². The lowest BCUT2D eigenvalue weighted by atomic mass is 10.1. The average molecular weight is 401 g/mol. The number of aromatic nitrogens is 1. The third kappa shape index (κ3) is 4.48. The molecule has 0 N–H and O–H groups in total. The van der Waals surface area contributed by atoms with Crippen molar-refractivity contribution in [1.82, 2.24) is 4.57 Å². The second kappa shape index (κ2) is 8.54. The highest BCUT2D eigenvalue weighted by atomic mass is 32.2. The second-order valence-electron chi connectivity index (χ2n) is 5.88.